The van der Waals surface area contributed by atoms with E-state index in [4.69, 9.17) is 24.4 Å². The number of halogens is 1. The van der Waals surface area contributed by atoms with Crippen molar-refractivity contribution < 1.29 is 32.9 Å². The number of hydrogen-bond acceptors (Lipinski definition) is 8. The molecule has 1 N–H and O–H groups in total. The van der Waals surface area contributed by atoms with Gasteiger partial charge in [-0.15, -0.1) is 0 Å². The number of esters is 1. The lowest BCUT2D eigenvalue weighted by atomic mass is 9.84. The number of Topliss-reactive ketones (excluding diaryl/α,β-unsaturated/α-hetero) is 1. The van der Waals surface area contributed by atoms with E-state index in [9.17, 15) is 9.59 Å². The van der Waals surface area contributed by atoms with E-state index in [1.807, 2.05) is 12.1 Å². The van der Waals surface area contributed by atoms with Gasteiger partial charge >= 0.3 is 5.97 Å². The summed E-state index contributed by atoms with van der Waals surface area (Å²) in [6.45, 7) is 10.8. The average Bonchev–Trinajstić information content (AvgIpc) is 3.60. The molecular formula is C33H44FN3O6. The van der Waals surface area contributed by atoms with E-state index in [-0.39, 0.29) is 53.2 Å². The Bertz CT molecular complexity index is 1360. The van der Waals surface area contributed by atoms with E-state index in [1.54, 1.807) is 17.9 Å². The Morgan fingerprint density at radius 3 is 2.37 bits per heavy atom. The Morgan fingerprint density at radius 2 is 1.74 bits per heavy atom. The number of carbonyl (C=O) groups excluding carboxylic acids is 2. The zero-order valence-corrected chi connectivity index (χ0v) is 26.2. The number of nitrogens with one attached hydrogen (secondary N) is 1. The van der Waals surface area contributed by atoms with Gasteiger partial charge in [-0.3, -0.25) is 15.0 Å². The number of unbranched alkanes of at least 4 members (excludes halogenated alkanes) is 1. The van der Waals surface area contributed by atoms with Gasteiger partial charge in [-0.1, -0.05) is 20.8 Å². The number of hydrogen-bond donors (Lipinski definition) is 1. The zero-order valence-electron chi connectivity index (χ0n) is 26.2. The SMILES string of the molecule is CCOC(=O)CCCCOc1c(N2CCCC2)cc(C(=O)CN2Cc3cc(OC)c(OC)c(F)c3C2=N)cc1C(C)(C)C. The van der Waals surface area contributed by atoms with Crippen LogP contribution in [0.3, 0.4) is 0 Å². The third-order valence-electron chi connectivity index (χ3n) is 7.91. The molecule has 0 unspecified atom stereocenters. The zero-order chi connectivity index (χ0) is 31.3. The predicted molar refractivity (Wildman–Crippen MR) is 164 cm³/mol. The van der Waals surface area contributed by atoms with Crippen LogP contribution in [-0.4, -0.2) is 69.6 Å². The first-order valence-corrected chi connectivity index (χ1v) is 15.0. The van der Waals surface area contributed by atoms with Crippen molar-refractivity contribution in [1.29, 1.82) is 5.41 Å². The highest BCUT2D eigenvalue weighted by molar-refractivity contribution is 6.06. The second-order valence-corrected chi connectivity index (χ2v) is 12.0. The second kappa shape index (κ2) is 13.7. The first kappa shape index (κ1) is 32.1. The molecule has 0 amide bonds. The lowest BCUT2D eigenvalue weighted by molar-refractivity contribution is -0.143. The second-order valence-electron chi connectivity index (χ2n) is 12.0. The van der Waals surface area contributed by atoms with Crippen LogP contribution in [0.4, 0.5) is 10.1 Å². The van der Waals surface area contributed by atoms with Crippen LogP contribution in [0.5, 0.6) is 17.2 Å². The smallest absolute Gasteiger partial charge is 0.305 e. The number of ether oxygens (including phenoxy) is 4. The molecule has 0 atom stereocenters. The summed E-state index contributed by atoms with van der Waals surface area (Å²) in [5, 5.41) is 8.68. The molecule has 43 heavy (non-hydrogen) atoms. The van der Waals surface area contributed by atoms with Gasteiger partial charge in [0.05, 0.1) is 45.2 Å². The van der Waals surface area contributed by atoms with Crippen LogP contribution in [0.1, 0.15) is 86.8 Å². The molecule has 0 aliphatic carbocycles. The monoisotopic (exact) mass is 597 g/mol. The van der Waals surface area contributed by atoms with Crippen LogP contribution in [-0.2, 0) is 21.5 Å². The van der Waals surface area contributed by atoms with Gasteiger partial charge in [0.15, 0.2) is 23.1 Å². The average molecular weight is 598 g/mol. The number of fused-ring (bicyclic) bond motifs is 1. The normalized spacial score (nSPS) is 14.6. The molecule has 2 aromatic carbocycles. The molecular weight excluding hydrogens is 553 g/mol. The van der Waals surface area contributed by atoms with Crippen molar-refractivity contribution in [2.45, 2.75) is 71.8 Å². The standard InChI is InChI=1S/C33H44FN3O6/c1-7-42-27(39)12-8-11-15-43-30-23(33(2,3)4)16-21(17-24(30)36-13-9-10-14-36)25(38)20-37-19-22-18-26(40-5)31(41-6)29(34)28(22)32(37)35/h16-18,35H,7-15,19-20H2,1-6H3. The summed E-state index contributed by atoms with van der Waals surface area (Å²) in [7, 11) is 2.79. The maximum atomic E-state index is 15.3. The van der Waals surface area contributed by atoms with E-state index < -0.39 is 5.82 Å². The number of carbonyl (C=O) groups is 2. The summed E-state index contributed by atoms with van der Waals surface area (Å²) in [5.41, 5.74) is 2.72. The maximum Gasteiger partial charge on any atom is 0.305 e. The van der Waals surface area contributed by atoms with E-state index in [2.05, 4.69) is 25.7 Å². The maximum absolute atomic E-state index is 15.3. The molecule has 9 nitrogen and oxygen atoms in total. The van der Waals surface area contributed by atoms with Crippen molar-refractivity contribution >= 4 is 23.3 Å². The fraction of sp³-hybridized carbons (Fsp3) is 0.545. The summed E-state index contributed by atoms with van der Waals surface area (Å²) in [4.78, 5) is 29.4. The van der Waals surface area contributed by atoms with Gasteiger partial charge in [-0.2, -0.15) is 0 Å². The van der Waals surface area contributed by atoms with Gasteiger partial charge in [0, 0.05) is 37.2 Å². The van der Waals surface area contributed by atoms with E-state index in [1.165, 1.54) is 14.2 Å². The summed E-state index contributed by atoms with van der Waals surface area (Å²) < 4.78 is 37.2. The highest BCUT2D eigenvalue weighted by Gasteiger charge is 2.34. The molecule has 2 heterocycles. The third kappa shape index (κ3) is 7.05. The van der Waals surface area contributed by atoms with Gasteiger partial charge in [-0.25, -0.2) is 4.39 Å². The van der Waals surface area contributed by atoms with Crippen LogP contribution in [0.15, 0.2) is 18.2 Å². The van der Waals surface area contributed by atoms with E-state index in [0.717, 1.165) is 42.9 Å². The molecule has 0 bridgehead atoms. The van der Waals surface area contributed by atoms with Gasteiger partial charge in [0.2, 0.25) is 0 Å². The minimum atomic E-state index is -0.660. The largest absolute Gasteiger partial charge is 0.493 e. The highest BCUT2D eigenvalue weighted by Crippen LogP contribution is 2.42. The molecule has 0 spiro atoms. The van der Waals surface area contributed by atoms with Crippen molar-refractivity contribution in [2.24, 2.45) is 0 Å². The van der Waals surface area contributed by atoms with Gasteiger partial charge in [0.25, 0.3) is 0 Å². The summed E-state index contributed by atoms with van der Waals surface area (Å²) in [6.07, 6.45) is 3.84. The Morgan fingerprint density at radius 1 is 1.02 bits per heavy atom. The van der Waals surface area contributed by atoms with Crippen LogP contribution in [0, 0.1) is 11.2 Å². The molecule has 1 fully saturated rings. The Labute approximate surface area is 253 Å². The van der Waals surface area contributed by atoms with Crippen LogP contribution in [0.25, 0.3) is 0 Å². The highest BCUT2D eigenvalue weighted by atomic mass is 19.1. The van der Waals surface area contributed by atoms with Crippen molar-refractivity contribution in [1.82, 2.24) is 4.90 Å². The summed E-state index contributed by atoms with van der Waals surface area (Å²) in [6, 6.07) is 5.46. The van der Waals surface area contributed by atoms with Crippen LogP contribution >= 0.6 is 0 Å². The van der Waals surface area contributed by atoms with Crippen LogP contribution in [0.2, 0.25) is 0 Å². The fourth-order valence-corrected chi connectivity index (χ4v) is 5.68. The fourth-order valence-electron chi connectivity index (χ4n) is 5.68. The van der Waals surface area contributed by atoms with Crippen LogP contribution < -0.4 is 19.1 Å². The Kier molecular flexibility index (Phi) is 10.2. The quantitative estimate of drug-likeness (QED) is 0.174. The molecule has 4 rings (SSSR count). The number of anilines is 1. The minimum Gasteiger partial charge on any atom is -0.493 e. The van der Waals surface area contributed by atoms with Crippen molar-refractivity contribution in [3.05, 3.63) is 46.3 Å². The molecule has 2 aliphatic rings. The van der Waals surface area contributed by atoms with Crippen molar-refractivity contribution in [2.75, 3.05) is 52.0 Å². The summed E-state index contributed by atoms with van der Waals surface area (Å²) in [5.74, 6) is -0.114. The van der Waals surface area contributed by atoms with E-state index in [0.29, 0.717) is 43.6 Å². The first-order valence-electron chi connectivity index (χ1n) is 15.0. The molecule has 2 aromatic rings. The van der Waals surface area contributed by atoms with Crippen molar-refractivity contribution in [3.63, 3.8) is 0 Å². The number of methoxy groups -OCH3 is 2. The van der Waals surface area contributed by atoms with Gasteiger partial charge in [-0.05, 0) is 61.8 Å². The molecule has 0 saturated carbocycles. The summed E-state index contributed by atoms with van der Waals surface area (Å²) >= 11 is 0. The number of amidine groups is 1. The molecule has 0 radical (unpaired) electrons. The molecule has 0 aromatic heterocycles. The first-order chi connectivity index (χ1) is 20.5. The van der Waals surface area contributed by atoms with Crippen molar-refractivity contribution in [3.8, 4) is 17.2 Å². The lowest BCUT2D eigenvalue weighted by Crippen LogP contribution is -2.31. The Hall–Kier alpha value is -3.82. The number of benzene rings is 2. The topological polar surface area (TPSA) is 101 Å². The molecule has 2 aliphatic heterocycles. The predicted octanol–water partition coefficient (Wildman–Crippen LogP) is 5.88. The van der Waals surface area contributed by atoms with Gasteiger partial charge < -0.3 is 28.7 Å². The molecule has 10 heteroatoms. The molecule has 234 valence electrons. The third-order valence-corrected chi connectivity index (χ3v) is 7.91. The molecule has 1 saturated heterocycles. The van der Waals surface area contributed by atoms with Gasteiger partial charge in [0.1, 0.15) is 11.6 Å². The minimum absolute atomic E-state index is 0.0549. The van der Waals surface area contributed by atoms with E-state index >= 15 is 4.39 Å². The Balaban J connectivity index is 1.59. The number of ketones is 1. The number of rotatable bonds is 13. The number of nitrogens with zero attached hydrogens (tertiary/aromatic N) is 2. The lowest BCUT2D eigenvalue weighted by Gasteiger charge is -2.30.